The number of hydrogen-bond donors (Lipinski definition) is 3. The van der Waals surface area contributed by atoms with Crippen LogP contribution in [0.3, 0.4) is 0 Å². The molecule has 0 saturated heterocycles. The fraction of sp³-hybridized carbons (Fsp3) is 0.949. The second-order valence-electron chi connectivity index (χ2n) is 29.8. The van der Waals surface area contributed by atoms with Gasteiger partial charge in [0.25, 0.3) is 0 Å². The molecule has 6 atom stereocenters. The van der Waals surface area contributed by atoms with E-state index in [1.54, 1.807) is 0 Å². The first-order valence-electron chi connectivity index (χ1n) is 40.2. The molecular weight excluding hydrogens is 1270 g/mol. The first-order chi connectivity index (χ1) is 46.6. The maximum atomic E-state index is 13.1. The highest BCUT2D eigenvalue weighted by Gasteiger charge is 2.30. The number of unbranched alkanes of at least 4 members (excludes halogenated alkanes) is 40. The Morgan fingerprint density at radius 3 is 0.732 bits per heavy atom. The zero-order valence-electron chi connectivity index (χ0n) is 63.7. The minimum atomic E-state index is -4.96. The molecule has 0 heterocycles. The number of aliphatic hydroxyl groups excluding tert-OH is 1. The monoisotopic (exact) mass is 1420 g/mol. The van der Waals surface area contributed by atoms with Gasteiger partial charge in [-0.25, -0.2) is 9.13 Å². The van der Waals surface area contributed by atoms with Crippen LogP contribution >= 0.6 is 15.6 Å². The van der Waals surface area contributed by atoms with E-state index < -0.39 is 97.5 Å². The van der Waals surface area contributed by atoms with Gasteiger partial charge in [0.2, 0.25) is 0 Å². The molecule has 0 saturated carbocycles. The van der Waals surface area contributed by atoms with E-state index >= 15 is 0 Å². The molecule has 0 aromatic carbocycles. The number of phosphoric acid groups is 2. The summed E-state index contributed by atoms with van der Waals surface area (Å²) < 4.78 is 68.6. The third kappa shape index (κ3) is 70.9. The second kappa shape index (κ2) is 67.2. The molecule has 0 aliphatic carbocycles. The molecule has 0 fully saturated rings. The van der Waals surface area contributed by atoms with Crippen LogP contribution in [0.1, 0.15) is 396 Å². The zero-order valence-corrected chi connectivity index (χ0v) is 65.5. The van der Waals surface area contributed by atoms with Crippen molar-refractivity contribution in [2.45, 2.75) is 414 Å². The number of aliphatic hydroxyl groups is 1. The first kappa shape index (κ1) is 95.1. The Labute approximate surface area is 594 Å². The van der Waals surface area contributed by atoms with Crippen molar-refractivity contribution in [2.75, 3.05) is 39.6 Å². The first-order valence-corrected chi connectivity index (χ1v) is 43.2. The molecule has 0 radical (unpaired) electrons. The maximum absolute atomic E-state index is 13.1. The third-order valence-corrected chi connectivity index (χ3v) is 20.3. The Kier molecular flexibility index (Phi) is 65.9. The van der Waals surface area contributed by atoms with Crippen LogP contribution in [0.5, 0.6) is 0 Å². The summed E-state index contributed by atoms with van der Waals surface area (Å²) in [6.07, 6.45) is 52.8. The molecule has 0 bridgehead atoms. The van der Waals surface area contributed by atoms with Gasteiger partial charge in [0.05, 0.1) is 26.4 Å². The number of esters is 4. The van der Waals surface area contributed by atoms with E-state index in [0.29, 0.717) is 31.6 Å². The minimum absolute atomic E-state index is 0.106. The van der Waals surface area contributed by atoms with Gasteiger partial charge in [0.15, 0.2) is 12.2 Å². The van der Waals surface area contributed by atoms with Crippen LogP contribution in [-0.4, -0.2) is 96.7 Å². The van der Waals surface area contributed by atoms with Crippen LogP contribution in [0.25, 0.3) is 0 Å². The molecule has 3 N–H and O–H groups in total. The fourth-order valence-electron chi connectivity index (χ4n) is 11.9. The summed E-state index contributed by atoms with van der Waals surface area (Å²) in [6.45, 7) is 14.2. The van der Waals surface area contributed by atoms with Gasteiger partial charge in [-0.15, -0.1) is 0 Å². The van der Waals surface area contributed by atoms with Gasteiger partial charge in [-0.05, 0) is 49.4 Å². The molecular formula is C78H152O17P2. The van der Waals surface area contributed by atoms with Crippen LogP contribution in [0, 0.1) is 23.7 Å². The molecule has 0 aromatic heterocycles. The molecule has 0 amide bonds. The highest BCUT2D eigenvalue weighted by Crippen LogP contribution is 2.45. The largest absolute Gasteiger partial charge is 0.472 e. The normalized spacial score (nSPS) is 14.4. The average molecular weight is 1420 g/mol. The van der Waals surface area contributed by atoms with Crippen LogP contribution in [0.4, 0.5) is 0 Å². The van der Waals surface area contributed by atoms with Gasteiger partial charge in [0, 0.05) is 25.7 Å². The third-order valence-electron chi connectivity index (χ3n) is 18.4. The SMILES string of the molecule is CCC(C)CCCCCCCCCCCCCCCCC(=O)O[C@H](COC(=O)CCCCCCCCC(C)C)COP(=O)(O)OC[C@H](O)COP(=O)(O)OC[C@@H](COC(=O)CCCCCCCCCCCCCCCC(C)C)OC(=O)CCCCCCCCCCCCCC(C)C. The van der Waals surface area contributed by atoms with Gasteiger partial charge in [-0.2, -0.15) is 0 Å². The van der Waals surface area contributed by atoms with Crippen molar-refractivity contribution in [1.29, 1.82) is 0 Å². The topological polar surface area (TPSA) is 237 Å². The Hall–Kier alpha value is -1.94. The van der Waals surface area contributed by atoms with Crippen molar-refractivity contribution in [3.63, 3.8) is 0 Å². The van der Waals surface area contributed by atoms with E-state index in [0.717, 1.165) is 114 Å². The lowest BCUT2D eigenvalue weighted by Gasteiger charge is -2.21. The summed E-state index contributed by atoms with van der Waals surface area (Å²) in [5.74, 6) is 0.962. The van der Waals surface area contributed by atoms with Crippen molar-refractivity contribution in [3.8, 4) is 0 Å². The molecule has 17 nitrogen and oxygen atoms in total. The van der Waals surface area contributed by atoms with Crippen molar-refractivity contribution >= 4 is 39.5 Å². The number of carbonyl (C=O) groups excluding carboxylic acids is 4. The highest BCUT2D eigenvalue weighted by molar-refractivity contribution is 7.47. The van der Waals surface area contributed by atoms with Crippen molar-refractivity contribution in [3.05, 3.63) is 0 Å². The van der Waals surface area contributed by atoms with Crippen molar-refractivity contribution < 1.29 is 80.2 Å². The van der Waals surface area contributed by atoms with E-state index in [9.17, 15) is 43.2 Å². The van der Waals surface area contributed by atoms with Gasteiger partial charge < -0.3 is 33.8 Å². The lowest BCUT2D eigenvalue weighted by Crippen LogP contribution is -2.30. The predicted octanol–water partition coefficient (Wildman–Crippen LogP) is 22.8. The fourth-order valence-corrected chi connectivity index (χ4v) is 13.5. The van der Waals surface area contributed by atoms with Gasteiger partial charge in [0.1, 0.15) is 19.3 Å². The summed E-state index contributed by atoms with van der Waals surface area (Å²) in [5.41, 5.74) is 0. The number of phosphoric ester groups is 2. The van der Waals surface area contributed by atoms with Crippen molar-refractivity contribution in [1.82, 2.24) is 0 Å². The molecule has 0 rings (SSSR count). The summed E-state index contributed by atoms with van der Waals surface area (Å²) in [7, 11) is -9.92. The zero-order chi connectivity index (χ0) is 71.7. The lowest BCUT2D eigenvalue weighted by atomic mass is 9.99. The predicted molar refractivity (Wildman–Crippen MR) is 395 cm³/mol. The van der Waals surface area contributed by atoms with Crippen LogP contribution in [0.2, 0.25) is 0 Å². The number of rotatable bonds is 75. The molecule has 3 unspecified atom stereocenters. The average Bonchev–Trinajstić information content (AvgIpc) is 1.65. The molecule has 19 heteroatoms. The molecule has 0 aliphatic heterocycles. The molecule has 0 aliphatic rings. The van der Waals surface area contributed by atoms with E-state index in [4.69, 9.17) is 37.0 Å². The minimum Gasteiger partial charge on any atom is -0.462 e. The Morgan fingerprint density at radius 1 is 0.289 bits per heavy atom. The van der Waals surface area contributed by atoms with Gasteiger partial charge in [-0.1, -0.05) is 344 Å². The molecule has 97 heavy (non-hydrogen) atoms. The van der Waals surface area contributed by atoms with E-state index in [1.807, 2.05) is 0 Å². The van der Waals surface area contributed by atoms with E-state index in [2.05, 4.69) is 55.4 Å². The highest BCUT2D eigenvalue weighted by atomic mass is 31.2. The van der Waals surface area contributed by atoms with E-state index in [1.165, 1.54) is 193 Å². The quantitative estimate of drug-likeness (QED) is 0.0222. The molecule has 0 aromatic rings. The standard InChI is InChI=1S/C78H152O17P2/c1-9-71(8)57-49-41-32-26-20-14-10-11-15-22-28-34-44-52-60-77(82)95-74(65-89-76(81)59-51-43-37-36-40-48-56-70(6)7)67-93-97(86,87)91-63-72(79)62-90-96(84,85)92-66-73(94-78(83)61-53-45-35-29-23-17-19-25-31-39-47-55-69(4)5)64-88-75(80)58-50-42-33-27-21-16-12-13-18-24-30-38-46-54-68(2)3/h68-74,79H,9-67H2,1-8H3,(H,84,85)(H,86,87)/t71?,72-,73-,74-/m1/s1. The van der Waals surface area contributed by atoms with Crippen LogP contribution in [0.15, 0.2) is 0 Å². The maximum Gasteiger partial charge on any atom is 0.472 e. The van der Waals surface area contributed by atoms with Crippen LogP contribution in [-0.2, 0) is 65.4 Å². The summed E-state index contributed by atoms with van der Waals surface area (Å²) in [5, 5.41) is 10.6. The smallest absolute Gasteiger partial charge is 0.462 e. The van der Waals surface area contributed by atoms with E-state index in [-0.39, 0.29) is 25.7 Å². The summed E-state index contributed by atoms with van der Waals surface area (Å²) in [4.78, 5) is 72.9. The van der Waals surface area contributed by atoms with Crippen molar-refractivity contribution in [2.24, 2.45) is 23.7 Å². The number of hydrogen-bond acceptors (Lipinski definition) is 15. The Balaban J connectivity index is 5.22. The Bertz CT molecular complexity index is 1900. The second-order valence-corrected chi connectivity index (χ2v) is 32.7. The lowest BCUT2D eigenvalue weighted by molar-refractivity contribution is -0.161. The van der Waals surface area contributed by atoms with Crippen LogP contribution < -0.4 is 0 Å². The molecule has 0 spiro atoms. The summed E-state index contributed by atoms with van der Waals surface area (Å²) in [6, 6.07) is 0. The van der Waals surface area contributed by atoms with Gasteiger partial charge >= 0.3 is 39.5 Å². The molecule has 576 valence electrons. The Morgan fingerprint density at radius 2 is 0.495 bits per heavy atom. The summed E-state index contributed by atoms with van der Waals surface area (Å²) >= 11 is 0. The number of carbonyl (C=O) groups is 4. The number of ether oxygens (including phenoxy) is 4. The van der Waals surface area contributed by atoms with Gasteiger partial charge in [-0.3, -0.25) is 37.3 Å².